The molecule has 1 unspecified atom stereocenters. The molecule has 1 aliphatic heterocycles. The zero-order valence-electron chi connectivity index (χ0n) is 17.6. The van der Waals surface area contributed by atoms with E-state index in [-0.39, 0.29) is 18.4 Å². The van der Waals surface area contributed by atoms with Crippen molar-refractivity contribution >= 4 is 29.1 Å². The highest BCUT2D eigenvalue weighted by atomic mass is 35.5. The second-order valence-corrected chi connectivity index (χ2v) is 8.06. The second kappa shape index (κ2) is 11.1. The SMILES string of the molecule is CC(=O)Nc1ccc(OCC(O)CN2CCCN(C(=O)c3cccc(Cl)c3)CC2)cc1. The van der Waals surface area contributed by atoms with Crippen LogP contribution in [0.5, 0.6) is 5.75 Å². The monoisotopic (exact) mass is 445 g/mol. The van der Waals surface area contributed by atoms with E-state index in [0.29, 0.717) is 48.2 Å². The van der Waals surface area contributed by atoms with Gasteiger partial charge in [0.05, 0.1) is 0 Å². The number of benzene rings is 2. The summed E-state index contributed by atoms with van der Waals surface area (Å²) in [6.45, 7) is 4.87. The Bertz CT molecular complexity index is 891. The minimum absolute atomic E-state index is 0.0176. The van der Waals surface area contributed by atoms with E-state index in [0.717, 1.165) is 13.0 Å². The van der Waals surface area contributed by atoms with Crippen molar-refractivity contribution in [1.82, 2.24) is 9.80 Å². The van der Waals surface area contributed by atoms with Gasteiger partial charge in [0.25, 0.3) is 5.91 Å². The van der Waals surface area contributed by atoms with E-state index < -0.39 is 6.10 Å². The van der Waals surface area contributed by atoms with Gasteiger partial charge >= 0.3 is 0 Å². The molecule has 31 heavy (non-hydrogen) atoms. The Labute approximate surface area is 187 Å². The van der Waals surface area contributed by atoms with Crippen LogP contribution in [0, 0.1) is 0 Å². The summed E-state index contributed by atoms with van der Waals surface area (Å²) in [6, 6.07) is 14.0. The van der Waals surface area contributed by atoms with Crippen LogP contribution in [0.4, 0.5) is 5.69 Å². The lowest BCUT2D eigenvalue weighted by Crippen LogP contribution is -2.39. The molecule has 0 aliphatic carbocycles. The van der Waals surface area contributed by atoms with Gasteiger partial charge in [-0.3, -0.25) is 14.5 Å². The number of aliphatic hydroxyl groups excluding tert-OH is 1. The number of amides is 2. The molecule has 166 valence electrons. The number of hydrogen-bond acceptors (Lipinski definition) is 5. The van der Waals surface area contributed by atoms with Gasteiger partial charge in [0.15, 0.2) is 0 Å². The van der Waals surface area contributed by atoms with Gasteiger partial charge in [-0.2, -0.15) is 0 Å². The molecule has 1 fully saturated rings. The van der Waals surface area contributed by atoms with E-state index in [1.54, 1.807) is 48.5 Å². The lowest BCUT2D eigenvalue weighted by molar-refractivity contribution is -0.114. The van der Waals surface area contributed by atoms with E-state index in [4.69, 9.17) is 16.3 Å². The summed E-state index contributed by atoms with van der Waals surface area (Å²) in [4.78, 5) is 27.8. The van der Waals surface area contributed by atoms with Crippen molar-refractivity contribution in [2.75, 3.05) is 44.6 Å². The highest BCUT2D eigenvalue weighted by molar-refractivity contribution is 6.30. The highest BCUT2D eigenvalue weighted by Crippen LogP contribution is 2.17. The fraction of sp³-hybridized carbons (Fsp3) is 0.391. The molecule has 1 aliphatic rings. The largest absolute Gasteiger partial charge is 0.491 e. The number of anilines is 1. The minimum Gasteiger partial charge on any atom is -0.491 e. The fourth-order valence-electron chi connectivity index (χ4n) is 3.54. The third-order valence-corrected chi connectivity index (χ3v) is 5.27. The summed E-state index contributed by atoms with van der Waals surface area (Å²) < 4.78 is 5.66. The van der Waals surface area contributed by atoms with Gasteiger partial charge in [0.1, 0.15) is 18.5 Å². The van der Waals surface area contributed by atoms with Crippen molar-refractivity contribution in [1.29, 1.82) is 0 Å². The van der Waals surface area contributed by atoms with Crippen LogP contribution in [0.1, 0.15) is 23.7 Å². The number of halogens is 1. The van der Waals surface area contributed by atoms with Crippen LogP contribution in [-0.4, -0.2) is 72.2 Å². The molecule has 1 heterocycles. The van der Waals surface area contributed by atoms with E-state index in [9.17, 15) is 14.7 Å². The Morgan fingerprint density at radius 3 is 2.61 bits per heavy atom. The van der Waals surface area contributed by atoms with Gasteiger partial charge in [0, 0.05) is 49.4 Å². The predicted molar refractivity (Wildman–Crippen MR) is 121 cm³/mol. The molecule has 3 rings (SSSR count). The Hall–Kier alpha value is -2.61. The van der Waals surface area contributed by atoms with Crippen molar-refractivity contribution in [3.63, 3.8) is 0 Å². The molecule has 0 radical (unpaired) electrons. The van der Waals surface area contributed by atoms with Gasteiger partial charge in [-0.15, -0.1) is 0 Å². The molecular formula is C23H28ClN3O4. The molecule has 0 bridgehead atoms. The van der Waals surface area contributed by atoms with Crippen LogP contribution in [-0.2, 0) is 4.79 Å². The molecule has 0 aromatic heterocycles. The Morgan fingerprint density at radius 2 is 1.90 bits per heavy atom. The molecule has 0 saturated carbocycles. The first-order valence-electron chi connectivity index (χ1n) is 10.4. The summed E-state index contributed by atoms with van der Waals surface area (Å²) in [5, 5.41) is 13.6. The van der Waals surface area contributed by atoms with Crippen molar-refractivity contribution in [2.45, 2.75) is 19.4 Å². The maximum atomic E-state index is 12.7. The quantitative estimate of drug-likeness (QED) is 0.684. The number of ether oxygens (including phenoxy) is 1. The molecule has 0 spiro atoms. The second-order valence-electron chi connectivity index (χ2n) is 7.63. The third kappa shape index (κ3) is 7.24. The zero-order valence-corrected chi connectivity index (χ0v) is 18.3. The van der Waals surface area contributed by atoms with E-state index in [2.05, 4.69) is 10.2 Å². The van der Waals surface area contributed by atoms with E-state index in [1.165, 1.54) is 6.92 Å². The number of carbonyl (C=O) groups excluding carboxylic acids is 2. The molecule has 2 aromatic rings. The summed E-state index contributed by atoms with van der Waals surface area (Å²) in [7, 11) is 0. The van der Waals surface area contributed by atoms with Crippen molar-refractivity contribution in [3.05, 3.63) is 59.1 Å². The van der Waals surface area contributed by atoms with Gasteiger partial charge in [-0.1, -0.05) is 17.7 Å². The molecule has 8 heteroatoms. The van der Waals surface area contributed by atoms with E-state index >= 15 is 0 Å². The lowest BCUT2D eigenvalue weighted by Gasteiger charge is -2.24. The van der Waals surface area contributed by atoms with Crippen LogP contribution < -0.4 is 10.1 Å². The van der Waals surface area contributed by atoms with Gasteiger partial charge in [-0.25, -0.2) is 0 Å². The first-order chi connectivity index (χ1) is 14.9. The molecule has 2 aromatic carbocycles. The van der Waals surface area contributed by atoms with Crippen molar-refractivity contribution in [2.24, 2.45) is 0 Å². The summed E-state index contributed by atoms with van der Waals surface area (Å²) >= 11 is 6.01. The maximum Gasteiger partial charge on any atom is 0.253 e. The van der Waals surface area contributed by atoms with Crippen LogP contribution in [0.25, 0.3) is 0 Å². The lowest BCUT2D eigenvalue weighted by atomic mass is 10.2. The number of hydrogen-bond donors (Lipinski definition) is 2. The Kier molecular flexibility index (Phi) is 8.28. The summed E-state index contributed by atoms with van der Waals surface area (Å²) in [6.07, 6.45) is 0.190. The maximum absolute atomic E-state index is 12.7. The standard InChI is InChI=1S/C23H28ClN3O4/c1-17(28)25-20-6-8-22(9-7-20)31-16-21(29)15-26-10-3-11-27(13-12-26)23(30)18-4-2-5-19(24)14-18/h2,4-9,14,21,29H,3,10-13,15-16H2,1H3,(H,25,28). The predicted octanol–water partition coefficient (Wildman–Crippen LogP) is 2.89. The van der Waals surface area contributed by atoms with Gasteiger partial charge in [-0.05, 0) is 55.4 Å². The highest BCUT2D eigenvalue weighted by Gasteiger charge is 2.22. The number of aliphatic hydroxyl groups is 1. The van der Waals surface area contributed by atoms with Crippen LogP contribution in [0.3, 0.4) is 0 Å². The Morgan fingerprint density at radius 1 is 1.13 bits per heavy atom. The van der Waals surface area contributed by atoms with Crippen LogP contribution in [0.15, 0.2) is 48.5 Å². The zero-order chi connectivity index (χ0) is 22.2. The minimum atomic E-state index is -0.648. The number of carbonyl (C=O) groups is 2. The first kappa shape index (κ1) is 23.1. The van der Waals surface area contributed by atoms with E-state index in [1.807, 2.05) is 4.90 Å². The van der Waals surface area contributed by atoms with Crippen molar-refractivity contribution < 1.29 is 19.4 Å². The van der Waals surface area contributed by atoms with Crippen molar-refractivity contribution in [3.8, 4) is 5.75 Å². The van der Waals surface area contributed by atoms with Gasteiger partial charge < -0.3 is 20.1 Å². The molecule has 1 atom stereocenters. The number of nitrogens with zero attached hydrogens (tertiary/aromatic N) is 2. The van der Waals surface area contributed by atoms with Gasteiger partial charge in [0.2, 0.25) is 5.91 Å². The smallest absolute Gasteiger partial charge is 0.253 e. The fourth-order valence-corrected chi connectivity index (χ4v) is 3.73. The third-order valence-electron chi connectivity index (χ3n) is 5.03. The average molecular weight is 446 g/mol. The number of rotatable bonds is 7. The van der Waals surface area contributed by atoms with Crippen LogP contribution >= 0.6 is 11.6 Å². The molecule has 1 saturated heterocycles. The molecule has 2 N–H and O–H groups in total. The Balaban J connectivity index is 1.44. The average Bonchev–Trinajstić information content (AvgIpc) is 2.98. The van der Waals surface area contributed by atoms with Crippen LogP contribution in [0.2, 0.25) is 5.02 Å². The molecule has 7 nitrogen and oxygen atoms in total. The first-order valence-corrected chi connectivity index (χ1v) is 10.7. The molecular weight excluding hydrogens is 418 g/mol. The number of nitrogens with one attached hydrogen (secondary N) is 1. The summed E-state index contributed by atoms with van der Waals surface area (Å²) in [5.74, 6) is 0.479. The topological polar surface area (TPSA) is 82.1 Å². The summed E-state index contributed by atoms with van der Waals surface area (Å²) in [5.41, 5.74) is 1.29. The normalized spacial score (nSPS) is 15.8. The molecule has 2 amide bonds. The number of β-amino-alcohol motifs (C(OH)–C–C–N with tert-alkyl or cyclic N) is 1.